The molecule has 0 saturated carbocycles. The quantitative estimate of drug-likeness (QED) is 0.680. The smallest absolute Gasteiger partial charge is 0.243 e. The van der Waals surface area contributed by atoms with Crippen LogP contribution in [0.1, 0.15) is 5.82 Å². The summed E-state index contributed by atoms with van der Waals surface area (Å²) in [5, 5.41) is 12.5. The summed E-state index contributed by atoms with van der Waals surface area (Å²) in [5.41, 5.74) is 0.670. The zero-order chi connectivity index (χ0) is 18.3. The number of rotatable bonds is 3. The molecule has 0 atom stereocenters. The molecule has 3 aromatic rings. The average Bonchev–Trinajstić information content (AvgIpc) is 3.03. The normalized spacial score (nSPS) is 16.3. The Morgan fingerprint density at radius 2 is 1.65 bits per heavy atom. The minimum Gasteiger partial charge on any atom is -0.353 e. The van der Waals surface area contributed by atoms with E-state index in [1.807, 2.05) is 24.0 Å². The van der Waals surface area contributed by atoms with Crippen molar-refractivity contribution in [2.45, 2.75) is 11.8 Å². The standard InChI is InChI=1S/C16H17FN6O2S/c1-12-18-19-15-6-7-16(20-23(12)15)21-8-10-22(11-9-21)26(24,25)14-4-2-13(17)3-5-14/h2-7H,8-11H2,1H3. The van der Waals surface area contributed by atoms with Gasteiger partial charge in [0.2, 0.25) is 10.0 Å². The maximum Gasteiger partial charge on any atom is 0.243 e. The highest BCUT2D eigenvalue weighted by Crippen LogP contribution is 2.20. The second-order valence-electron chi connectivity index (χ2n) is 6.05. The Morgan fingerprint density at radius 3 is 2.35 bits per heavy atom. The van der Waals surface area contributed by atoms with Gasteiger partial charge in [0, 0.05) is 26.2 Å². The van der Waals surface area contributed by atoms with Gasteiger partial charge in [-0.15, -0.1) is 15.3 Å². The van der Waals surface area contributed by atoms with Crippen LogP contribution in [0.5, 0.6) is 0 Å². The molecule has 2 aromatic heterocycles. The van der Waals surface area contributed by atoms with Crippen molar-refractivity contribution < 1.29 is 12.8 Å². The topological polar surface area (TPSA) is 83.7 Å². The Balaban J connectivity index is 1.51. The first-order valence-corrected chi connectivity index (χ1v) is 9.59. The lowest BCUT2D eigenvalue weighted by atomic mass is 10.3. The van der Waals surface area contributed by atoms with Gasteiger partial charge in [-0.1, -0.05) is 0 Å². The zero-order valence-corrected chi connectivity index (χ0v) is 14.9. The molecule has 0 N–H and O–H groups in total. The monoisotopic (exact) mass is 376 g/mol. The van der Waals surface area contributed by atoms with E-state index in [1.54, 1.807) is 4.52 Å². The minimum absolute atomic E-state index is 0.104. The highest BCUT2D eigenvalue weighted by Gasteiger charge is 2.29. The fourth-order valence-electron chi connectivity index (χ4n) is 2.97. The number of aryl methyl sites for hydroxylation is 1. The summed E-state index contributed by atoms with van der Waals surface area (Å²) < 4.78 is 41.5. The molecule has 26 heavy (non-hydrogen) atoms. The van der Waals surface area contributed by atoms with Gasteiger partial charge >= 0.3 is 0 Å². The van der Waals surface area contributed by atoms with Crippen molar-refractivity contribution in [1.82, 2.24) is 24.1 Å². The van der Waals surface area contributed by atoms with E-state index >= 15 is 0 Å². The van der Waals surface area contributed by atoms with Gasteiger partial charge in [0.05, 0.1) is 4.90 Å². The second kappa shape index (κ2) is 6.29. The summed E-state index contributed by atoms with van der Waals surface area (Å²) in [5.74, 6) is 0.984. The van der Waals surface area contributed by atoms with Crippen LogP contribution in [-0.4, -0.2) is 58.7 Å². The molecule has 0 amide bonds. The first-order chi connectivity index (χ1) is 12.4. The van der Waals surface area contributed by atoms with Gasteiger partial charge in [-0.25, -0.2) is 12.8 Å². The average molecular weight is 376 g/mol. The lowest BCUT2D eigenvalue weighted by molar-refractivity contribution is 0.383. The van der Waals surface area contributed by atoms with Crippen molar-refractivity contribution >= 4 is 21.5 Å². The third-order valence-electron chi connectivity index (χ3n) is 4.42. The molecular weight excluding hydrogens is 359 g/mol. The SMILES string of the molecule is Cc1nnc2ccc(N3CCN(S(=O)(=O)c4ccc(F)cc4)CC3)nn12. The van der Waals surface area contributed by atoms with Crippen LogP contribution >= 0.6 is 0 Å². The molecule has 0 aliphatic carbocycles. The van der Waals surface area contributed by atoms with E-state index in [1.165, 1.54) is 16.4 Å². The summed E-state index contributed by atoms with van der Waals surface area (Å²) in [4.78, 5) is 2.13. The van der Waals surface area contributed by atoms with E-state index in [-0.39, 0.29) is 4.90 Å². The van der Waals surface area contributed by atoms with E-state index in [0.29, 0.717) is 37.7 Å². The van der Waals surface area contributed by atoms with Crippen molar-refractivity contribution in [3.63, 3.8) is 0 Å². The number of hydrogen-bond acceptors (Lipinski definition) is 6. The highest BCUT2D eigenvalue weighted by molar-refractivity contribution is 7.89. The van der Waals surface area contributed by atoms with Crippen molar-refractivity contribution in [1.29, 1.82) is 0 Å². The number of hydrogen-bond donors (Lipinski definition) is 0. The summed E-state index contributed by atoms with van der Waals surface area (Å²) >= 11 is 0. The number of benzene rings is 1. The first kappa shape index (κ1) is 16.9. The maximum atomic E-state index is 13.0. The summed E-state index contributed by atoms with van der Waals surface area (Å²) in [6.45, 7) is 3.52. The molecule has 1 aliphatic rings. The molecule has 3 heterocycles. The van der Waals surface area contributed by atoms with Crippen LogP contribution in [0.3, 0.4) is 0 Å². The Kier molecular flexibility index (Phi) is 4.08. The fourth-order valence-corrected chi connectivity index (χ4v) is 4.39. The van der Waals surface area contributed by atoms with E-state index in [0.717, 1.165) is 18.0 Å². The fraction of sp³-hybridized carbons (Fsp3) is 0.312. The van der Waals surface area contributed by atoms with Crippen molar-refractivity contribution in [3.8, 4) is 0 Å². The lowest BCUT2D eigenvalue weighted by Crippen LogP contribution is -2.49. The van der Waals surface area contributed by atoms with Gasteiger partial charge in [0.25, 0.3) is 0 Å². The van der Waals surface area contributed by atoms with Crippen LogP contribution in [0.15, 0.2) is 41.3 Å². The van der Waals surface area contributed by atoms with Crippen LogP contribution < -0.4 is 4.90 Å². The molecule has 8 nitrogen and oxygen atoms in total. The van der Waals surface area contributed by atoms with E-state index < -0.39 is 15.8 Å². The molecule has 0 unspecified atom stereocenters. The number of nitrogens with zero attached hydrogens (tertiary/aromatic N) is 6. The lowest BCUT2D eigenvalue weighted by Gasteiger charge is -2.34. The van der Waals surface area contributed by atoms with Crippen LogP contribution in [-0.2, 0) is 10.0 Å². The van der Waals surface area contributed by atoms with Crippen LogP contribution in [0.25, 0.3) is 5.65 Å². The molecule has 136 valence electrons. The van der Waals surface area contributed by atoms with Crippen molar-refractivity contribution in [2.75, 3.05) is 31.1 Å². The largest absolute Gasteiger partial charge is 0.353 e. The third kappa shape index (κ3) is 2.90. The summed E-state index contributed by atoms with van der Waals surface area (Å²) in [7, 11) is -3.62. The van der Waals surface area contributed by atoms with Gasteiger partial charge in [-0.3, -0.25) is 0 Å². The molecule has 10 heteroatoms. The number of fused-ring (bicyclic) bond motifs is 1. The molecule has 1 aliphatic heterocycles. The highest BCUT2D eigenvalue weighted by atomic mass is 32.2. The number of halogens is 1. The Labute approximate surface area is 149 Å². The van der Waals surface area contributed by atoms with Gasteiger partial charge in [-0.2, -0.15) is 8.82 Å². The molecular formula is C16H17FN6O2S. The molecule has 0 radical (unpaired) electrons. The van der Waals surface area contributed by atoms with E-state index in [4.69, 9.17) is 0 Å². The summed E-state index contributed by atoms with van der Waals surface area (Å²) in [6, 6.07) is 8.59. The Hall–Kier alpha value is -2.59. The van der Waals surface area contributed by atoms with Gasteiger partial charge < -0.3 is 4.90 Å². The molecule has 0 bridgehead atoms. The predicted octanol–water partition coefficient (Wildman–Crippen LogP) is 1.08. The number of anilines is 1. The third-order valence-corrected chi connectivity index (χ3v) is 6.33. The van der Waals surface area contributed by atoms with E-state index in [2.05, 4.69) is 15.3 Å². The first-order valence-electron chi connectivity index (χ1n) is 8.15. The van der Waals surface area contributed by atoms with Crippen LogP contribution in [0.2, 0.25) is 0 Å². The molecule has 1 aromatic carbocycles. The molecule has 0 spiro atoms. The van der Waals surface area contributed by atoms with Gasteiger partial charge in [0.15, 0.2) is 11.5 Å². The molecule has 1 saturated heterocycles. The summed E-state index contributed by atoms with van der Waals surface area (Å²) in [6.07, 6.45) is 0. The van der Waals surface area contributed by atoms with Gasteiger partial charge in [0.1, 0.15) is 11.6 Å². The van der Waals surface area contributed by atoms with Crippen LogP contribution in [0.4, 0.5) is 10.2 Å². The van der Waals surface area contributed by atoms with Gasteiger partial charge in [-0.05, 0) is 43.3 Å². The molecule has 1 fully saturated rings. The number of aromatic nitrogens is 4. The van der Waals surface area contributed by atoms with Crippen molar-refractivity contribution in [2.24, 2.45) is 0 Å². The minimum atomic E-state index is -3.62. The number of sulfonamides is 1. The maximum absolute atomic E-state index is 13.0. The van der Waals surface area contributed by atoms with Crippen molar-refractivity contribution in [3.05, 3.63) is 48.0 Å². The Morgan fingerprint density at radius 1 is 0.962 bits per heavy atom. The van der Waals surface area contributed by atoms with E-state index in [9.17, 15) is 12.8 Å². The van der Waals surface area contributed by atoms with Crippen LogP contribution in [0, 0.1) is 12.7 Å². The number of piperazine rings is 1. The second-order valence-corrected chi connectivity index (χ2v) is 7.99. The Bertz CT molecular complexity index is 1040. The predicted molar refractivity (Wildman–Crippen MR) is 92.9 cm³/mol. The zero-order valence-electron chi connectivity index (χ0n) is 14.1. The molecule has 4 rings (SSSR count).